The Morgan fingerprint density at radius 1 is 1.11 bits per heavy atom. The first-order valence-electron chi connectivity index (χ1n) is 7.00. The van der Waals surface area contributed by atoms with Gasteiger partial charge in [0.1, 0.15) is 5.82 Å². The summed E-state index contributed by atoms with van der Waals surface area (Å²) in [5.74, 6) is -0.150. The monoisotopic (exact) mass is 248 g/mol. The Hall–Kier alpha value is -1.09. The van der Waals surface area contributed by atoms with Gasteiger partial charge in [-0.3, -0.25) is 4.90 Å². The van der Waals surface area contributed by atoms with Gasteiger partial charge in [0, 0.05) is 30.9 Å². The molecule has 2 atom stereocenters. The Kier molecular flexibility index (Phi) is 3.25. The molecule has 0 bridgehead atoms. The molecule has 2 unspecified atom stereocenters. The van der Waals surface area contributed by atoms with Crippen molar-refractivity contribution >= 4 is 5.69 Å². The van der Waals surface area contributed by atoms with Crippen molar-refractivity contribution in [3.63, 3.8) is 0 Å². The first kappa shape index (κ1) is 12.0. The lowest BCUT2D eigenvalue weighted by molar-refractivity contribution is 0.115. The smallest absolute Gasteiger partial charge is 0.123 e. The molecule has 0 aliphatic carbocycles. The second-order valence-electron chi connectivity index (χ2n) is 5.62. The van der Waals surface area contributed by atoms with Gasteiger partial charge in [-0.25, -0.2) is 4.39 Å². The van der Waals surface area contributed by atoms with Crippen LogP contribution in [-0.2, 0) is 0 Å². The molecule has 2 aliphatic heterocycles. The molecule has 2 fully saturated rings. The fraction of sp³-hybridized carbons (Fsp3) is 0.600. The fourth-order valence-electron chi connectivity index (χ4n) is 3.34. The van der Waals surface area contributed by atoms with Crippen LogP contribution in [0.5, 0.6) is 0 Å². The number of hydrogen-bond acceptors (Lipinski definition) is 2. The predicted octanol–water partition coefficient (Wildman–Crippen LogP) is 2.89. The van der Waals surface area contributed by atoms with Crippen LogP contribution in [0.15, 0.2) is 24.3 Å². The minimum atomic E-state index is -0.150. The molecule has 1 aromatic rings. The van der Waals surface area contributed by atoms with E-state index in [9.17, 15) is 4.39 Å². The average molecular weight is 248 g/mol. The van der Waals surface area contributed by atoms with E-state index < -0.39 is 0 Å². The SMILES string of the molecule is CC1CN2CCCCC2CN1c1ccc(F)cc1. The zero-order valence-corrected chi connectivity index (χ0v) is 11.0. The topological polar surface area (TPSA) is 6.48 Å². The van der Waals surface area contributed by atoms with E-state index in [1.54, 1.807) is 12.1 Å². The Morgan fingerprint density at radius 2 is 1.89 bits per heavy atom. The molecule has 3 rings (SSSR count). The highest BCUT2D eigenvalue weighted by atomic mass is 19.1. The average Bonchev–Trinajstić information content (AvgIpc) is 2.39. The van der Waals surface area contributed by atoms with Crippen LogP contribution in [0, 0.1) is 5.82 Å². The molecule has 0 radical (unpaired) electrons. The molecule has 0 aromatic heterocycles. The summed E-state index contributed by atoms with van der Waals surface area (Å²) >= 11 is 0. The molecule has 1 aromatic carbocycles. The second kappa shape index (κ2) is 4.88. The van der Waals surface area contributed by atoms with Crippen LogP contribution in [0.1, 0.15) is 26.2 Å². The Morgan fingerprint density at radius 3 is 2.67 bits per heavy atom. The van der Waals surface area contributed by atoms with Gasteiger partial charge in [-0.05, 0) is 50.6 Å². The third kappa shape index (κ3) is 2.24. The van der Waals surface area contributed by atoms with Gasteiger partial charge >= 0.3 is 0 Å². The molecule has 3 heteroatoms. The van der Waals surface area contributed by atoms with Crippen molar-refractivity contribution in [2.45, 2.75) is 38.3 Å². The van der Waals surface area contributed by atoms with Crippen molar-refractivity contribution in [2.75, 3.05) is 24.5 Å². The summed E-state index contributed by atoms with van der Waals surface area (Å²) in [6.07, 6.45) is 4.01. The van der Waals surface area contributed by atoms with Crippen LogP contribution in [0.4, 0.5) is 10.1 Å². The number of halogens is 1. The van der Waals surface area contributed by atoms with E-state index in [2.05, 4.69) is 16.7 Å². The van der Waals surface area contributed by atoms with Gasteiger partial charge < -0.3 is 4.90 Å². The van der Waals surface area contributed by atoms with Gasteiger partial charge in [0.05, 0.1) is 0 Å². The van der Waals surface area contributed by atoms with E-state index in [-0.39, 0.29) is 5.82 Å². The highest BCUT2D eigenvalue weighted by Crippen LogP contribution is 2.28. The molecule has 2 aliphatic rings. The summed E-state index contributed by atoms with van der Waals surface area (Å²) in [5.41, 5.74) is 1.16. The molecular formula is C15H21FN2. The number of hydrogen-bond donors (Lipinski definition) is 0. The number of benzene rings is 1. The van der Waals surface area contributed by atoms with Gasteiger partial charge in [-0.15, -0.1) is 0 Å². The quantitative estimate of drug-likeness (QED) is 0.754. The summed E-state index contributed by atoms with van der Waals surface area (Å²) in [4.78, 5) is 5.07. The second-order valence-corrected chi connectivity index (χ2v) is 5.62. The zero-order valence-electron chi connectivity index (χ0n) is 11.0. The largest absolute Gasteiger partial charge is 0.366 e. The standard InChI is InChI=1S/C15H21FN2/c1-12-10-17-9-3-2-4-15(17)11-18(12)14-7-5-13(16)6-8-14/h5-8,12,15H,2-4,9-11H2,1H3. The van der Waals surface area contributed by atoms with Crippen molar-refractivity contribution in [1.29, 1.82) is 0 Å². The zero-order chi connectivity index (χ0) is 12.5. The van der Waals surface area contributed by atoms with Crippen LogP contribution in [0.3, 0.4) is 0 Å². The van der Waals surface area contributed by atoms with Gasteiger partial charge in [0.25, 0.3) is 0 Å². The molecule has 18 heavy (non-hydrogen) atoms. The summed E-state index contributed by atoms with van der Waals surface area (Å²) in [6.45, 7) is 5.76. The number of anilines is 1. The molecule has 98 valence electrons. The molecule has 0 saturated carbocycles. The maximum Gasteiger partial charge on any atom is 0.123 e. The van der Waals surface area contributed by atoms with E-state index in [4.69, 9.17) is 0 Å². The Bertz CT molecular complexity index is 403. The van der Waals surface area contributed by atoms with Crippen LogP contribution < -0.4 is 4.90 Å². The summed E-state index contributed by atoms with van der Waals surface area (Å²) < 4.78 is 13.0. The molecular weight excluding hydrogens is 227 g/mol. The Labute approximate surface area is 108 Å². The molecule has 0 N–H and O–H groups in total. The molecule has 0 amide bonds. The van der Waals surface area contributed by atoms with Crippen molar-refractivity contribution in [1.82, 2.24) is 4.90 Å². The van der Waals surface area contributed by atoms with Crippen molar-refractivity contribution in [3.8, 4) is 0 Å². The maximum absolute atomic E-state index is 13.0. The Balaban J connectivity index is 1.77. The first-order valence-corrected chi connectivity index (χ1v) is 7.00. The minimum absolute atomic E-state index is 0.150. The van der Waals surface area contributed by atoms with Gasteiger partial charge in [0.15, 0.2) is 0 Å². The van der Waals surface area contributed by atoms with Gasteiger partial charge in [0.2, 0.25) is 0 Å². The van der Waals surface area contributed by atoms with Gasteiger partial charge in [-0.1, -0.05) is 6.42 Å². The fourth-order valence-corrected chi connectivity index (χ4v) is 3.34. The van der Waals surface area contributed by atoms with Crippen molar-refractivity contribution in [3.05, 3.63) is 30.1 Å². The highest BCUT2D eigenvalue weighted by molar-refractivity contribution is 5.48. The van der Waals surface area contributed by atoms with Gasteiger partial charge in [-0.2, -0.15) is 0 Å². The number of piperidine rings is 1. The normalized spacial score (nSPS) is 29.1. The van der Waals surface area contributed by atoms with E-state index in [0.717, 1.165) is 18.8 Å². The lowest BCUT2D eigenvalue weighted by Gasteiger charge is -2.48. The van der Waals surface area contributed by atoms with Crippen LogP contribution in [-0.4, -0.2) is 36.6 Å². The van der Waals surface area contributed by atoms with Crippen molar-refractivity contribution < 1.29 is 4.39 Å². The van der Waals surface area contributed by atoms with Crippen LogP contribution in [0.2, 0.25) is 0 Å². The highest BCUT2D eigenvalue weighted by Gasteiger charge is 2.32. The molecule has 0 spiro atoms. The molecule has 2 saturated heterocycles. The summed E-state index contributed by atoms with van der Waals surface area (Å²) in [5, 5.41) is 0. The summed E-state index contributed by atoms with van der Waals surface area (Å²) in [6, 6.07) is 8.16. The third-order valence-corrected chi connectivity index (χ3v) is 4.35. The van der Waals surface area contributed by atoms with Crippen LogP contribution in [0.25, 0.3) is 0 Å². The number of fused-ring (bicyclic) bond motifs is 1. The number of rotatable bonds is 1. The summed E-state index contributed by atoms with van der Waals surface area (Å²) in [7, 11) is 0. The third-order valence-electron chi connectivity index (χ3n) is 4.35. The lowest BCUT2D eigenvalue weighted by Crippen LogP contribution is -2.58. The van der Waals surface area contributed by atoms with Crippen molar-refractivity contribution in [2.24, 2.45) is 0 Å². The number of piperazine rings is 1. The van der Waals surface area contributed by atoms with E-state index in [0.29, 0.717) is 12.1 Å². The molecule has 2 heterocycles. The van der Waals surface area contributed by atoms with Crippen LogP contribution >= 0.6 is 0 Å². The van der Waals surface area contributed by atoms with E-state index >= 15 is 0 Å². The van der Waals surface area contributed by atoms with E-state index in [1.165, 1.54) is 25.8 Å². The lowest BCUT2D eigenvalue weighted by atomic mass is 9.96. The number of nitrogens with zero attached hydrogens (tertiary/aromatic N) is 2. The maximum atomic E-state index is 13.0. The molecule has 2 nitrogen and oxygen atoms in total. The van der Waals surface area contributed by atoms with E-state index in [1.807, 2.05) is 12.1 Å². The predicted molar refractivity (Wildman–Crippen MR) is 72.4 cm³/mol. The minimum Gasteiger partial charge on any atom is -0.366 e. The first-order chi connectivity index (χ1) is 8.74.